The third kappa shape index (κ3) is 6.25. The van der Waals surface area contributed by atoms with Gasteiger partial charge < -0.3 is 41.8 Å². The summed E-state index contributed by atoms with van der Waals surface area (Å²) in [5.74, 6) is -2.83. The molecule has 0 saturated carbocycles. The van der Waals surface area contributed by atoms with Gasteiger partial charge >= 0.3 is 17.5 Å². The van der Waals surface area contributed by atoms with Crippen molar-refractivity contribution in [3.05, 3.63) is 40.2 Å². The number of H-pyrrole nitrogens is 1. The maximum absolute atomic E-state index is 12.3. The first-order valence-electron chi connectivity index (χ1n) is 10.7. The summed E-state index contributed by atoms with van der Waals surface area (Å²) in [6, 6.07) is 4.63. The number of amides is 2. The molecule has 1 aliphatic rings. The number of aromatic amines is 1. The van der Waals surface area contributed by atoms with Gasteiger partial charge in [0.25, 0.3) is 5.91 Å². The van der Waals surface area contributed by atoms with E-state index in [0.717, 1.165) is 0 Å². The van der Waals surface area contributed by atoms with Crippen LogP contribution in [-0.2, 0) is 14.4 Å². The van der Waals surface area contributed by atoms with Gasteiger partial charge in [-0.05, 0) is 37.1 Å². The molecule has 0 spiro atoms. The molecule has 1 aromatic carbocycles. The average molecular weight is 487 g/mol. The number of rotatable bonds is 11. The summed E-state index contributed by atoms with van der Waals surface area (Å²) in [5, 5.41) is 26.4. The van der Waals surface area contributed by atoms with E-state index in [2.05, 4.69) is 25.9 Å². The summed E-state index contributed by atoms with van der Waals surface area (Å²) in [6.45, 7) is 0.826. The van der Waals surface area contributed by atoms with Gasteiger partial charge in [-0.3, -0.25) is 19.2 Å². The van der Waals surface area contributed by atoms with Crippen LogP contribution in [0.4, 0.5) is 23.1 Å². The van der Waals surface area contributed by atoms with Crippen LogP contribution >= 0.6 is 0 Å². The van der Waals surface area contributed by atoms with Crippen LogP contribution in [0.5, 0.6) is 0 Å². The molecular weight excluding hydrogens is 462 g/mol. The van der Waals surface area contributed by atoms with Crippen molar-refractivity contribution in [2.45, 2.75) is 31.3 Å². The van der Waals surface area contributed by atoms with Crippen LogP contribution in [-0.4, -0.2) is 69.6 Å². The quantitative estimate of drug-likeness (QED) is 0.203. The van der Waals surface area contributed by atoms with E-state index in [0.29, 0.717) is 37.4 Å². The first-order valence-corrected chi connectivity index (χ1v) is 10.7. The number of nitrogens with one attached hydrogen (secondary N) is 4. The van der Waals surface area contributed by atoms with E-state index in [1.807, 2.05) is 0 Å². The number of benzene rings is 1. The van der Waals surface area contributed by atoms with Crippen LogP contribution in [0.25, 0.3) is 0 Å². The zero-order valence-corrected chi connectivity index (χ0v) is 18.5. The topological polar surface area (TPSA) is 220 Å². The smallest absolute Gasteiger partial charge is 0.326 e. The molecule has 2 aromatic rings. The number of nitrogens with zero attached hydrogens (tertiary/aromatic N) is 2. The molecule has 2 amide bonds. The highest BCUT2D eigenvalue weighted by Gasteiger charge is 2.29. The number of aliphatic carboxylic acids is 2. The minimum absolute atomic E-state index is 0.0527. The molecule has 0 aliphatic carbocycles. The minimum atomic E-state index is -1.32. The summed E-state index contributed by atoms with van der Waals surface area (Å²) in [6.07, 6.45) is 0.444. The Hall–Kier alpha value is -4.62. The van der Waals surface area contributed by atoms with E-state index in [4.69, 9.17) is 10.8 Å². The number of anilines is 4. The van der Waals surface area contributed by atoms with Gasteiger partial charge in [0.05, 0.1) is 6.04 Å². The Morgan fingerprint density at radius 1 is 1.26 bits per heavy atom. The van der Waals surface area contributed by atoms with E-state index in [1.165, 1.54) is 17.0 Å². The number of hydrogen-bond acceptors (Lipinski definition) is 9. The van der Waals surface area contributed by atoms with Crippen LogP contribution in [0, 0.1) is 0 Å². The van der Waals surface area contributed by atoms with Gasteiger partial charge in [-0.2, -0.15) is 4.98 Å². The van der Waals surface area contributed by atoms with Crippen molar-refractivity contribution >= 4 is 47.4 Å². The number of hydrogen-bond donors (Lipinski definition) is 7. The molecule has 14 heteroatoms. The Kier molecular flexibility index (Phi) is 7.86. The molecule has 0 fully saturated rings. The maximum Gasteiger partial charge on any atom is 0.326 e. The lowest BCUT2D eigenvalue weighted by Gasteiger charge is -2.34. The normalized spacial score (nSPS) is 15.3. The highest BCUT2D eigenvalue weighted by atomic mass is 16.4. The second kappa shape index (κ2) is 11.0. The zero-order chi connectivity index (χ0) is 25.5. The Labute approximate surface area is 198 Å². The molecule has 1 unspecified atom stereocenters. The molecule has 1 aliphatic heterocycles. The van der Waals surface area contributed by atoms with Crippen molar-refractivity contribution in [3.63, 3.8) is 0 Å². The van der Waals surface area contributed by atoms with Crippen LogP contribution < -0.4 is 32.1 Å². The SMILES string of the molecule is Nc1nc(=O)c2c([nH]1)NCC(CCNc1ccc(C(=O)N[C@@H](CCC(=O)O)C(=O)O)cc1)N2C=O. The largest absolute Gasteiger partial charge is 0.481 e. The lowest BCUT2D eigenvalue weighted by molar-refractivity contribution is -0.140. The van der Waals surface area contributed by atoms with Gasteiger partial charge in [-0.25, -0.2) is 4.79 Å². The Morgan fingerprint density at radius 2 is 1.97 bits per heavy atom. The molecule has 2 heterocycles. The minimum Gasteiger partial charge on any atom is -0.481 e. The molecule has 8 N–H and O–H groups in total. The lowest BCUT2D eigenvalue weighted by atomic mass is 10.1. The number of carboxylic acids is 2. The zero-order valence-electron chi connectivity index (χ0n) is 18.5. The number of carbonyl (C=O) groups is 4. The van der Waals surface area contributed by atoms with Gasteiger partial charge in [0.1, 0.15) is 11.9 Å². The van der Waals surface area contributed by atoms with Crippen molar-refractivity contribution in [1.29, 1.82) is 0 Å². The van der Waals surface area contributed by atoms with Crippen molar-refractivity contribution in [3.8, 4) is 0 Å². The first-order chi connectivity index (χ1) is 16.7. The molecule has 2 atom stereocenters. The van der Waals surface area contributed by atoms with E-state index in [-0.39, 0.29) is 36.1 Å². The highest BCUT2D eigenvalue weighted by molar-refractivity contribution is 5.97. The number of nitrogens with two attached hydrogens (primary N) is 1. The van der Waals surface area contributed by atoms with Crippen molar-refractivity contribution in [1.82, 2.24) is 15.3 Å². The van der Waals surface area contributed by atoms with Gasteiger partial charge in [-0.15, -0.1) is 0 Å². The fourth-order valence-electron chi connectivity index (χ4n) is 3.62. The van der Waals surface area contributed by atoms with Crippen LogP contribution in [0.2, 0.25) is 0 Å². The second-order valence-corrected chi connectivity index (χ2v) is 7.79. The van der Waals surface area contributed by atoms with Crippen molar-refractivity contribution < 1.29 is 29.4 Å². The number of carbonyl (C=O) groups excluding carboxylic acids is 2. The molecule has 14 nitrogen and oxygen atoms in total. The molecular formula is C21H25N7O7. The van der Waals surface area contributed by atoms with E-state index >= 15 is 0 Å². The second-order valence-electron chi connectivity index (χ2n) is 7.79. The van der Waals surface area contributed by atoms with Gasteiger partial charge in [0, 0.05) is 30.8 Å². The summed E-state index contributed by atoms with van der Waals surface area (Å²) in [5.41, 5.74) is 5.92. The summed E-state index contributed by atoms with van der Waals surface area (Å²) < 4.78 is 0. The molecule has 0 radical (unpaired) electrons. The van der Waals surface area contributed by atoms with E-state index < -0.39 is 29.4 Å². The average Bonchev–Trinajstić information content (AvgIpc) is 2.81. The first kappa shape index (κ1) is 25.0. The van der Waals surface area contributed by atoms with E-state index in [1.54, 1.807) is 12.1 Å². The maximum atomic E-state index is 12.3. The third-order valence-corrected chi connectivity index (χ3v) is 5.40. The standard InChI is InChI=1S/C21H25N7O7/c22-21-26-17-16(19(33)27-21)28(10-29)13(9-24-17)7-8-23-12-3-1-11(2-4-12)18(32)25-14(20(34)35)5-6-15(30)31/h1-4,10,13-14,23H,5-9H2,(H,25,32)(H,30,31)(H,34,35)(H4,22,24,26,27,33)/t13?,14-/m0/s1. The van der Waals surface area contributed by atoms with Crippen LogP contribution in [0.1, 0.15) is 29.6 Å². The summed E-state index contributed by atoms with van der Waals surface area (Å²) in [7, 11) is 0. The Balaban J connectivity index is 1.55. The molecule has 0 saturated heterocycles. The number of fused-ring (bicyclic) bond motifs is 1. The van der Waals surface area contributed by atoms with Crippen LogP contribution in [0.15, 0.2) is 29.1 Å². The summed E-state index contributed by atoms with van der Waals surface area (Å²) in [4.78, 5) is 65.8. The Morgan fingerprint density at radius 3 is 2.60 bits per heavy atom. The van der Waals surface area contributed by atoms with Crippen molar-refractivity contribution in [2.24, 2.45) is 0 Å². The molecule has 35 heavy (non-hydrogen) atoms. The molecule has 3 rings (SSSR count). The van der Waals surface area contributed by atoms with Gasteiger partial charge in [0.2, 0.25) is 12.4 Å². The predicted molar refractivity (Wildman–Crippen MR) is 125 cm³/mol. The number of carboxylic acid groups (broad SMARTS) is 2. The van der Waals surface area contributed by atoms with Gasteiger partial charge in [-0.1, -0.05) is 0 Å². The monoisotopic (exact) mass is 487 g/mol. The van der Waals surface area contributed by atoms with Crippen LogP contribution in [0.3, 0.4) is 0 Å². The molecule has 1 aromatic heterocycles. The van der Waals surface area contributed by atoms with Crippen molar-refractivity contribution in [2.75, 3.05) is 34.4 Å². The van der Waals surface area contributed by atoms with Gasteiger partial charge in [0.15, 0.2) is 5.69 Å². The predicted octanol–water partition coefficient (Wildman–Crippen LogP) is -0.341. The van der Waals surface area contributed by atoms with E-state index in [9.17, 15) is 29.1 Å². The molecule has 186 valence electrons. The fourth-order valence-corrected chi connectivity index (χ4v) is 3.62. The summed E-state index contributed by atoms with van der Waals surface area (Å²) >= 11 is 0. The Bertz CT molecular complexity index is 1170. The number of nitrogen functional groups attached to an aromatic ring is 1. The fraction of sp³-hybridized carbons (Fsp3) is 0.333. The lowest BCUT2D eigenvalue weighted by Crippen LogP contribution is -2.47. The molecule has 0 bridgehead atoms. The third-order valence-electron chi connectivity index (χ3n) is 5.40. The highest BCUT2D eigenvalue weighted by Crippen LogP contribution is 2.26. The number of aromatic nitrogens is 2.